The average molecular weight is 318 g/mol. The second kappa shape index (κ2) is 4.98. The molecule has 0 amide bonds. The number of carbonyl (C=O) groups excluding carboxylic acids is 3. The molecule has 4 aliphatic rings. The van der Waals surface area contributed by atoms with Crippen molar-refractivity contribution in [2.75, 3.05) is 6.61 Å². The molecule has 126 valence electrons. The monoisotopic (exact) mass is 318 g/mol. The van der Waals surface area contributed by atoms with Gasteiger partial charge in [0.25, 0.3) is 0 Å². The maximum absolute atomic E-state index is 12.4. The molecule has 4 saturated carbocycles. The number of carbonyl (C=O) groups is 3. The minimum atomic E-state index is -0.402. The van der Waals surface area contributed by atoms with Crippen LogP contribution in [-0.4, -0.2) is 29.1 Å². The van der Waals surface area contributed by atoms with Crippen LogP contribution in [0.3, 0.4) is 0 Å². The molecule has 0 aromatic rings. The van der Waals surface area contributed by atoms with E-state index in [2.05, 4.69) is 6.92 Å². The second-order valence-electron chi connectivity index (χ2n) is 8.60. The molecule has 4 nitrogen and oxygen atoms in total. The Kier molecular flexibility index (Phi) is 3.36. The molecule has 6 atom stereocenters. The van der Waals surface area contributed by atoms with Gasteiger partial charge in [0.05, 0.1) is 0 Å². The second-order valence-corrected chi connectivity index (χ2v) is 8.60. The summed E-state index contributed by atoms with van der Waals surface area (Å²) >= 11 is 0. The van der Waals surface area contributed by atoms with Crippen LogP contribution < -0.4 is 0 Å². The fourth-order valence-corrected chi connectivity index (χ4v) is 6.80. The van der Waals surface area contributed by atoms with Gasteiger partial charge in [-0.2, -0.15) is 0 Å². The molecule has 1 unspecified atom stereocenters. The summed E-state index contributed by atoms with van der Waals surface area (Å²) in [4.78, 5) is 36.7. The number of aliphatic hydroxyl groups excluding tert-OH is 1. The fourth-order valence-electron chi connectivity index (χ4n) is 6.80. The van der Waals surface area contributed by atoms with Crippen LogP contribution in [-0.2, 0) is 14.4 Å². The van der Waals surface area contributed by atoms with Crippen LogP contribution in [0.1, 0.15) is 58.3 Å². The van der Waals surface area contributed by atoms with E-state index in [9.17, 15) is 19.5 Å². The third-order valence-electron chi connectivity index (χ3n) is 8.07. The summed E-state index contributed by atoms with van der Waals surface area (Å²) < 4.78 is 0. The third-order valence-corrected chi connectivity index (χ3v) is 8.07. The highest BCUT2D eigenvalue weighted by Crippen LogP contribution is 2.64. The SMILES string of the molecule is C[C@]12CC[C@@H]3[C@@H](CCC4C(=O)C(=O)CC[C@@]43CO)[C@@H]1CCC2=O. The Morgan fingerprint density at radius 1 is 1.00 bits per heavy atom. The Morgan fingerprint density at radius 2 is 1.78 bits per heavy atom. The van der Waals surface area contributed by atoms with Gasteiger partial charge >= 0.3 is 0 Å². The predicted octanol–water partition coefficient (Wildman–Crippen LogP) is 2.32. The van der Waals surface area contributed by atoms with E-state index in [1.807, 2.05) is 0 Å². The van der Waals surface area contributed by atoms with Gasteiger partial charge in [-0.25, -0.2) is 0 Å². The maximum atomic E-state index is 12.4. The van der Waals surface area contributed by atoms with Crippen molar-refractivity contribution in [3.63, 3.8) is 0 Å². The van der Waals surface area contributed by atoms with Gasteiger partial charge in [0.1, 0.15) is 5.78 Å². The van der Waals surface area contributed by atoms with Crippen LogP contribution in [0, 0.1) is 34.5 Å². The highest BCUT2D eigenvalue weighted by molar-refractivity contribution is 6.38. The molecule has 4 rings (SSSR count). The quantitative estimate of drug-likeness (QED) is 0.753. The Morgan fingerprint density at radius 3 is 2.52 bits per heavy atom. The fraction of sp³-hybridized carbons (Fsp3) is 0.842. The van der Waals surface area contributed by atoms with Gasteiger partial charge in [0.15, 0.2) is 5.78 Å². The van der Waals surface area contributed by atoms with Crippen molar-refractivity contribution >= 4 is 17.3 Å². The Balaban J connectivity index is 1.71. The normalized spacial score (nSPS) is 49.6. The lowest BCUT2D eigenvalue weighted by molar-refractivity contribution is -0.166. The minimum absolute atomic E-state index is 0.00916. The van der Waals surface area contributed by atoms with Gasteiger partial charge in [-0.15, -0.1) is 0 Å². The van der Waals surface area contributed by atoms with E-state index in [1.54, 1.807) is 0 Å². The molecule has 0 saturated heterocycles. The molecule has 0 spiro atoms. The molecule has 23 heavy (non-hydrogen) atoms. The van der Waals surface area contributed by atoms with Gasteiger partial charge in [-0.3, -0.25) is 14.4 Å². The van der Waals surface area contributed by atoms with Crippen molar-refractivity contribution < 1.29 is 19.5 Å². The van der Waals surface area contributed by atoms with Gasteiger partial charge in [-0.05, 0) is 56.3 Å². The van der Waals surface area contributed by atoms with Crippen LogP contribution >= 0.6 is 0 Å². The van der Waals surface area contributed by atoms with E-state index in [-0.39, 0.29) is 29.5 Å². The molecule has 0 heterocycles. The summed E-state index contributed by atoms with van der Waals surface area (Å²) in [7, 11) is 0. The highest BCUT2D eigenvalue weighted by atomic mass is 16.3. The lowest BCUT2D eigenvalue weighted by Crippen LogP contribution is -2.59. The number of ketones is 3. The van der Waals surface area contributed by atoms with E-state index < -0.39 is 5.41 Å². The van der Waals surface area contributed by atoms with Gasteiger partial charge in [0, 0.05) is 36.2 Å². The standard InChI is InChI=1S/C19H26O4/c1-18-8-6-13-11(12(18)4-5-16(18)22)2-3-14-17(23)15(21)7-9-19(13,14)10-20/h11-14,20H,2-10H2,1H3/t11-,12-,13+,14?,18-,19-/m0/s1. The minimum Gasteiger partial charge on any atom is -0.396 e. The molecule has 1 N–H and O–H groups in total. The Bertz CT molecular complexity index is 582. The smallest absolute Gasteiger partial charge is 0.202 e. The van der Waals surface area contributed by atoms with Crippen molar-refractivity contribution in [2.45, 2.75) is 58.3 Å². The lowest BCUT2D eigenvalue weighted by Gasteiger charge is -2.59. The summed E-state index contributed by atoms with van der Waals surface area (Å²) in [5.74, 6) is 0.795. The topological polar surface area (TPSA) is 71.4 Å². The summed E-state index contributed by atoms with van der Waals surface area (Å²) in [5.41, 5.74) is -0.583. The zero-order valence-corrected chi connectivity index (χ0v) is 13.8. The van der Waals surface area contributed by atoms with E-state index in [0.717, 1.165) is 25.7 Å². The molecule has 4 aliphatic carbocycles. The van der Waals surface area contributed by atoms with Crippen LogP contribution in [0.15, 0.2) is 0 Å². The first-order valence-corrected chi connectivity index (χ1v) is 9.15. The Labute approximate surface area is 137 Å². The predicted molar refractivity (Wildman–Crippen MR) is 83.5 cm³/mol. The molecule has 0 bridgehead atoms. The van der Waals surface area contributed by atoms with Crippen LogP contribution in [0.4, 0.5) is 0 Å². The third kappa shape index (κ3) is 1.84. The summed E-state index contributed by atoms with van der Waals surface area (Å²) in [6, 6.07) is 0. The van der Waals surface area contributed by atoms with Crippen LogP contribution in [0.5, 0.6) is 0 Å². The van der Waals surface area contributed by atoms with E-state index in [1.165, 1.54) is 0 Å². The van der Waals surface area contributed by atoms with Crippen molar-refractivity contribution in [1.29, 1.82) is 0 Å². The first kappa shape index (κ1) is 15.5. The molecule has 0 aromatic carbocycles. The van der Waals surface area contributed by atoms with E-state index in [4.69, 9.17) is 0 Å². The van der Waals surface area contributed by atoms with Gasteiger partial charge < -0.3 is 5.11 Å². The molecule has 4 fully saturated rings. The average Bonchev–Trinajstić information content (AvgIpc) is 2.86. The Hall–Kier alpha value is -1.03. The van der Waals surface area contributed by atoms with E-state index >= 15 is 0 Å². The van der Waals surface area contributed by atoms with Crippen LogP contribution in [0.25, 0.3) is 0 Å². The zero-order valence-electron chi connectivity index (χ0n) is 13.8. The first-order valence-electron chi connectivity index (χ1n) is 9.15. The van der Waals surface area contributed by atoms with Gasteiger partial charge in [0.2, 0.25) is 5.78 Å². The van der Waals surface area contributed by atoms with Crippen molar-refractivity contribution in [3.8, 4) is 0 Å². The summed E-state index contributed by atoms with van der Waals surface area (Å²) in [6.07, 6.45) is 6.05. The number of rotatable bonds is 1. The summed E-state index contributed by atoms with van der Waals surface area (Å²) in [6.45, 7) is 2.14. The molecule has 0 radical (unpaired) electrons. The number of fused-ring (bicyclic) bond motifs is 5. The molecule has 0 aliphatic heterocycles. The van der Waals surface area contributed by atoms with Crippen molar-refractivity contribution in [3.05, 3.63) is 0 Å². The molecular formula is C19H26O4. The maximum Gasteiger partial charge on any atom is 0.202 e. The number of hydrogen-bond donors (Lipinski definition) is 1. The molecular weight excluding hydrogens is 292 g/mol. The van der Waals surface area contributed by atoms with Crippen molar-refractivity contribution in [1.82, 2.24) is 0 Å². The lowest BCUT2D eigenvalue weighted by atomic mass is 9.44. The first-order chi connectivity index (χ1) is 10.9. The largest absolute Gasteiger partial charge is 0.396 e. The van der Waals surface area contributed by atoms with Crippen LogP contribution in [0.2, 0.25) is 0 Å². The zero-order chi connectivity index (χ0) is 16.4. The van der Waals surface area contributed by atoms with E-state index in [0.29, 0.717) is 49.2 Å². The number of hydrogen-bond acceptors (Lipinski definition) is 4. The number of Topliss-reactive ketones (excluding diaryl/α,β-unsaturated/α-hetero) is 3. The number of aliphatic hydroxyl groups is 1. The highest BCUT2D eigenvalue weighted by Gasteiger charge is 2.63. The summed E-state index contributed by atoms with van der Waals surface area (Å²) in [5, 5.41) is 10.2. The van der Waals surface area contributed by atoms with Crippen molar-refractivity contribution in [2.24, 2.45) is 34.5 Å². The molecule has 0 aromatic heterocycles. The molecule has 4 heteroatoms. The van der Waals surface area contributed by atoms with Gasteiger partial charge in [-0.1, -0.05) is 6.92 Å².